The van der Waals surface area contributed by atoms with E-state index in [4.69, 9.17) is 4.74 Å². The van der Waals surface area contributed by atoms with Crippen molar-refractivity contribution in [2.75, 3.05) is 18.0 Å². The van der Waals surface area contributed by atoms with Crippen LogP contribution in [0.1, 0.15) is 18.4 Å². The molecule has 0 radical (unpaired) electrons. The van der Waals surface area contributed by atoms with E-state index < -0.39 is 18.1 Å². The maximum atomic E-state index is 11.0. The van der Waals surface area contributed by atoms with Crippen LogP contribution in [-0.2, 0) is 20.7 Å². The van der Waals surface area contributed by atoms with Crippen LogP contribution >= 0.6 is 0 Å². The minimum absolute atomic E-state index is 0.446. The molecule has 2 aliphatic heterocycles. The van der Waals surface area contributed by atoms with Crippen LogP contribution in [0.25, 0.3) is 0 Å². The Morgan fingerprint density at radius 2 is 2.16 bits per heavy atom. The number of carbonyl (C=O) groups excluding carboxylic acids is 2. The number of nitrogens with one attached hydrogen (secondary N) is 1. The molecule has 0 spiro atoms. The molecule has 1 fully saturated rings. The summed E-state index contributed by atoms with van der Waals surface area (Å²) in [5.41, 5.74) is 2.69. The van der Waals surface area contributed by atoms with E-state index in [1.54, 1.807) is 0 Å². The molecule has 2 aliphatic rings. The number of cyclic esters (lactones) is 1. The van der Waals surface area contributed by atoms with E-state index >= 15 is 0 Å². The third-order valence-electron chi connectivity index (χ3n) is 3.60. The highest BCUT2D eigenvalue weighted by molar-refractivity contribution is 6.34. The molecular weight excluding hydrogens is 244 g/mol. The highest BCUT2D eigenvalue weighted by Crippen LogP contribution is 2.27. The molecule has 0 aliphatic carbocycles. The van der Waals surface area contributed by atoms with Crippen molar-refractivity contribution < 1.29 is 14.3 Å². The van der Waals surface area contributed by atoms with E-state index in [1.165, 1.54) is 11.3 Å². The maximum absolute atomic E-state index is 11.0. The van der Waals surface area contributed by atoms with E-state index in [-0.39, 0.29) is 0 Å². The number of rotatable bonds is 4. The summed E-state index contributed by atoms with van der Waals surface area (Å²) >= 11 is 0. The molecule has 1 amide bonds. The first-order chi connectivity index (χ1) is 9.24. The molecule has 2 heterocycles. The molecule has 100 valence electrons. The second-order valence-electron chi connectivity index (χ2n) is 4.88. The van der Waals surface area contributed by atoms with Gasteiger partial charge >= 0.3 is 11.9 Å². The molecule has 1 aromatic rings. The molecule has 1 saturated heterocycles. The fourth-order valence-corrected chi connectivity index (χ4v) is 2.65. The van der Waals surface area contributed by atoms with Crippen molar-refractivity contribution in [2.45, 2.75) is 25.5 Å². The normalized spacial score (nSPS) is 21.3. The van der Waals surface area contributed by atoms with Crippen molar-refractivity contribution in [2.24, 2.45) is 0 Å². The first-order valence-electron chi connectivity index (χ1n) is 6.58. The number of nitrogens with zero attached hydrogens (tertiary/aromatic N) is 1. The van der Waals surface area contributed by atoms with Gasteiger partial charge in [0.05, 0.1) is 0 Å². The molecule has 1 N–H and O–H groups in total. The number of benzene rings is 1. The summed E-state index contributed by atoms with van der Waals surface area (Å²) in [6.45, 7) is 1.96. The van der Waals surface area contributed by atoms with Gasteiger partial charge in [-0.2, -0.15) is 0 Å². The highest BCUT2D eigenvalue weighted by atomic mass is 16.6. The number of ether oxygens (including phenoxy) is 1. The number of esters is 1. The number of fused-ring (bicyclic) bond motifs is 1. The van der Waals surface area contributed by atoms with E-state index in [0.717, 1.165) is 25.9 Å². The van der Waals surface area contributed by atoms with Crippen LogP contribution in [0.15, 0.2) is 24.3 Å². The molecule has 3 rings (SSSR count). The summed E-state index contributed by atoms with van der Waals surface area (Å²) in [6.07, 6.45) is 2.19. The van der Waals surface area contributed by atoms with Crippen LogP contribution in [0.5, 0.6) is 0 Å². The fourth-order valence-electron chi connectivity index (χ4n) is 2.65. The predicted octanol–water partition coefficient (Wildman–Crippen LogP) is 0.828. The summed E-state index contributed by atoms with van der Waals surface area (Å²) in [5.74, 6) is -1.40. The molecule has 1 unspecified atom stereocenters. The molecule has 1 atom stereocenters. The van der Waals surface area contributed by atoms with Gasteiger partial charge in [0.15, 0.2) is 6.23 Å². The fraction of sp³-hybridized carbons (Fsp3) is 0.429. The second kappa shape index (κ2) is 4.91. The number of hydrogen-bond donors (Lipinski definition) is 1. The molecule has 0 saturated carbocycles. The van der Waals surface area contributed by atoms with Gasteiger partial charge in [0.2, 0.25) is 0 Å². The SMILES string of the molecule is O=C1NC(CCCN2CCc3ccccc32)OC1=O. The minimum atomic E-state index is -0.767. The average Bonchev–Trinajstić information content (AvgIpc) is 2.95. The lowest BCUT2D eigenvalue weighted by Gasteiger charge is -2.19. The Morgan fingerprint density at radius 1 is 1.32 bits per heavy atom. The Morgan fingerprint density at radius 3 is 2.95 bits per heavy atom. The van der Waals surface area contributed by atoms with Crippen LogP contribution < -0.4 is 10.2 Å². The van der Waals surface area contributed by atoms with Gasteiger partial charge < -0.3 is 15.0 Å². The van der Waals surface area contributed by atoms with Gasteiger partial charge in [0.25, 0.3) is 0 Å². The van der Waals surface area contributed by atoms with E-state index in [0.29, 0.717) is 6.42 Å². The van der Waals surface area contributed by atoms with Gasteiger partial charge in [-0.1, -0.05) is 18.2 Å². The second-order valence-corrected chi connectivity index (χ2v) is 4.88. The first kappa shape index (κ1) is 12.0. The molecule has 1 aromatic carbocycles. The van der Waals surface area contributed by atoms with Crippen LogP contribution in [0, 0.1) is 0 Å². The van der Waals surface area contributed by atoms with Gasteiger partial charge in [-0.15, -0.1) is 0 Å². The first-order valence-corrected chi connectivity index (χ1v) is 6.58. The van der Waals surface area contributed by atoms with E-state index in [2.05, 4.69) is 34.5 Å². The lowest BCUT2D eigenvalue weighted by Crippen LogP contribution is -2.28. The zero-order valence-electron chi connectivity index (χ0n) is 10.6. The van der Waals surface area contributed by atoms with Crippen molar-refractivity contribution in [3.05, 3.63) is 29.8 Å². The lowest BCUT2D eigenvalue weighted by atomic mass is 10.2. The van der Waals surface area contributed by atoms with E-state index in [9.17, 15) is 9.59 Å². The highest BCUT2D eigenvalue weighted by Gasteiger charge is 2.31. The van der Waals surface area contributed by atoms with Gasteiger partial charge in [0.1, 0.15) is 0 Å². The Labute approximate surface area is 111 Å². The molecule has 19 heavy (non-hydrogen) atoms. The summed E-state index contributed by atoms with van der Waals surface area (Å²) in [7, 11) is 0. The van der Waals surface area contributed by atoms with Crippen molar-refractivity contribution in [3.63, 3.8) is 0 Å². The molecule has 5 heteroatoms. The zero-order valence-corrected chi connectivity index (χ0v) is 10.6. The summed E-state index contributed by atoms with van der Waals surface area (Å²) in [4.78, 5) is 24.2. The number of hydrogen-bond acceptors (Lipinski definition) is 4. The van der Waals surface area contributed by atoms with Gasteiger partial charge in [-0.05, 0) is 24.5 Å². The maximum Gasteiger partial charge on any atom is 0.398 e. The molecule has 0 aromatic heterocycles. The standard InChI is InChI=1S/C14H16N2O3/c17-13-14(18)19-12(15-13)6-3-8-16-9-7-10-4-1-2-5-11(10)16/h1-2,4-5,12H,3,6-9H2,(H,15,17). The summed E-state index contributed by atoms with van der Waals surface area (Å²) in [6, 6.07) is 8.42. The van der Waals surface area contributed by atoms with Gasteiger partial charge in [0, 0.05) is 25.2 Å². The average molecular weight is 260 g/mol. The largest absolute Gasteiger partial charge is 0.435 e. The minimum Gasteiger partial charge on any atom is -0.435 e. The van der Waals surface area contributed by atoms with Crippen LogP contribution in [-0.4, -0.2) is 31.2 Å². The lowest BCUT2D eigenvalue weighted by molar-refractivity contribution is -0.149. The smallest absolute Gasteiger partial charge is 0.398 e. The topological polar surface area (TPSA) is 58.6 Å². The van der Waals surface area contributed by atoms with Crippen molar-refractivity contribution >= 4 is 17.6 Å². The number of carbonyl (C=O) groups is 2. The monoisotopic (exact) mass is 260 g/mol. The van der Waals surface area contributed by atoms with Crippen molar-refractivity contribution in [1.29, 1.82) is 0 Å². The third-order valence-corrected chi connectivity index (χ3v) is 3.60. The summed E-state index contributed by atoms with van der Waals surface area (Å²) in [5, 5.41) is 2.52. The van der Waals surface area contributed by atoms with Crippen LogP contribution in [0.4, 0.5) is 5.69 Å². The van der Waals surface area contributed by atoms with Crippen molar-refractivity contribution in [3.8, 4) is 0 Å². The Bertz CT molecular complexity index is 499. The predicted molar refractivity (Wildman–Crippen MR) is 69.6 cm³/mol. The molecule has 0 bridgehead atoms. The summed E-state index contributed by atoms with van der Waals surface area (Å²) < 4.78 is 4.89. The van der Waals surface area contributed by atoms with E-state index in [1.807, 2.05) is 0 Å². The third kappa shape index (κ3) is 2.41. The quantitative estimate of drug-likeness (QED) is 0.643. The van der Waals surface area contributed by atoms with Crippen molar-refractivity contribution in [1.82, 2.24) is 5.32 Å². The molecule has 5 nitrogen and oxygen atoms in total. The van der Waals surface area contributed by atoms with Gasteiger partial charge in [-0.3, -0.25) is 4.79 Å². The van der Waals surface area contributed by atoms with Crippen LogP contribution in [0.2, 0.25) is 0 Å². The Balaban J connectivity index is 1.49. The number of anilines is 1. The van der Waals surface area contributed by atoms with Crippen LogP contribution in [0.3, 0.4) is 0 Å². The Hall–Kier alpha value is -2.04. The Kier molecular flexibility index (Phi) is 3.11. The number of para-hydroxylation sites is 1. The number of amides is 1. The molecular formula is C14H16N2O3. The van der Waals surface area contributed by atoms with Gasteiger partial charge in [-0.25, -0.2) is 4.79 Å². The zero-order chi connectivity index (χ0) is 13.2.